The number of aromatic amines is 1. The maximum atomic E-state index is 5.51. The average molecular weight is 253 g/mol. The predicted molar refractivity (Wildman–Crippen MR) is 58.7 cm³/mol. The minimum absolute atomic E-state index is 0.483. The van der Waals surface area contributed by atoms with Gasteiger partial charge in [0.2, 0.25) is 0 Å². The Morgan fingerprint density at radius 1 is 1.43 bits per heavy atom. The number of nitrogens with zero attached hydrogens (tertiary/aromatic N) is 2. The van der Waals surface area contributed by atoms with Crippen LogP contribution in [0.15, 0.2) is 22.8 Å². The molecule has 0 spiro atoms. The van der Waals surface area contributed by atoms with Crippen molar-refractivity contribution in [3.05, 3.63) is 28.5 Å². The van der Waals surface area contributed by atoms with Crippen molar-refractivity contribution in [2.45, 2.75) is 6.92 Å². The standard InChI is InChI=1S/C9H9BrN4/c1-5-7(10)2-6(4-12-5)8-3-9(11)14-13-8/h2-4H,1H3,(H3,11,13,14). The summed E-state index contributed by atoms with van der Waals surface area (Å²) in [6.45, 7) is 1.94. The fourth-order valence-electron chi connectivity index (χ4n) is 1.14. The van der Waals surface area contributed by atoms with E-state index in [2.05, 4.69) is 31.1 Å². The van der Waals surface area contributed by atoms with E-state index in [1.165, 1.54) is 0 Å². The van der Waals surface area contributed by atoms with Crippen LogP contribution in [0.25, 0.3) is 11.3 Å². The summed E-state index contributed by atoms with van der Waals surface area (Å²) >= 11 is 3.42. The number of hydrogen-bond donors (Lipinski definition) is 2. The van der Waals surface area contributed by atoms with Crippen molar-refractivity contribution in [2.75, 3.05) is 5.73 Å². The highest BCUT2D eigenvalue weighted by atomic mass is 79.9. The first-order chi connectivity index (χ1) is 6.66. The van der Waals surface area contributed by atoms with Crippen LogP contribution in [0, 0.1) is 6.92 Å². The molecule has 0 radical (unpaired) electrons. The molecular weight excluding hydrogens is 244 g/mol. The Kier molecular flexibility index (Phi) is 2.25. The Labute approximate surface area is 89.7 Å². The molecule has 2 rings (SSSR count). The van der Waals surface area contributed by atoms with Gasteiger partial charge in [-0.1, -0.05) is 0 Å². The van der Waals surface area contributed by atoms with E-state index in [1.807, 2.05) is 13.0 Å². The number of hydrogen-bond acceptors (Lipinski definition) is 3. The molecule has 2 aromatic rings. The first-order valence-corrected chi connectivity index (χ1v) is 4.89. The molecule has 72 valence electrons. The Hall–Kier alpha value is -1.36. The Bertz CT molecular complexity index is 464. The summed E-state index contributed by atoms with van der Waals surface area (Å²) in [5.41, 5.74) is 8.30. The van der Waals surface area contributed by atoms with Gasteiger partial charge in [-0.05, 0) is 28.9 Å². The van der Waals surface area contributed by atoms with Crippen LogP contribution in [0.1, 0.15) is 5.69 Å². The number of rotatable bonds is 1. The summed E-state index contributed by atoms with van der Waals surface area (Å²) in [6, 6.07) is 3.76. The quantitative estimate of drug-likeness (QED) is 0.817. The molecule has 0 unspecified atom stereocenters. The number of halogens is 1. The molecule has 2 aromatic heterocycles. The number of H-pyrrole nitrogens is 1. The highest BCUT2D eigenvalue weighted by Crippen LogP contribution is 2.23. The molecule has 3 N–H and O–H groups in total. The molecule has 4 nitrogen and oxygen atoms in total. The van der Waals surface area contributed by atoms with E-state index in [9.17, 15) is 0 Å². The lowest BCUT2D eigenvalue weighted by Crippen LogP contribution is -1.85. The van der Waals surface area contributed by atoms with Gasteiger partial charge in [0.05, 0.1) is 11.4 Å². The van der Waals surface area contributed by atoms with E-state index in [-0.39, 0.29) is 0 Å². The van der Waals surface area contributed by atoms with Crippen LogP contribution in [0.5, 0.6) is 0 Å². The Morgan fingerprint density at radius 2 is 2.21 bits per heavy atom. The molecule has 0 atom stereocenters. The number of nitrogens with two attached hydrogens (primary N) is 1. The number of aryl methyl sites for hydroxylation is 1. The van der Waals surface area contributed by atoms with Crippen molar-refractivity contribution in [3.63, 3.8) is 0 Å². The maximum absolute atomic E-state index is 5.51. The molecular formula is C9H9BrN4. The largest absolute Gasteiger partial charge is 0.382 e. The van der Waals surface area contributed by atoms with Gasteiger partial charge in [0.25, 0.3) is 0 Å². The van der Waals surface area contributed by atoms with Gasteiger partial charge in [0.15, 0.2) is 0 Å². The molecule has 0 fully saturated rings. The zero-order valence-electron chi connectivity index (χ0n) is 7.58. The van der Waals surface area contributed by atoms with Crippen molar-refractivity contribution >= 4 is 21.7 Å². The van der Waals surface area contributed by atoms with Crippen molar-refractivity contribution in [1.29, 1.82) is 0 Å². The second-order valence-corrected chi connectivity index (χ2v) is 3.85. The van der Waals surface area contributed by atoms with Crippen LogP contribution in [0.3, 0.4) is 0 Å². The van der Waals surface area contributed by atoms with Gasteiger partial charge in [-0.2, -0.15) is 5.10 Å². The molecule has 0 bridgehead atoms. The highest BCUT2D eigenvalue weighted by molar-refractivity contribution is 9.10. The Morgan fingerprint density at radius 3 is 2.79 bits per heavy atom. The maximum Gasteiger partial charge on any atom is 0.145 e. The van der Waals surface area contributed by atoms with E-state index in [1.54, 1.807) is 12.3 Å². The van der Waals surface area contributed by atoms with Crippen molar-refractivity contribution in [1.82, 2.24) is 15.2 Å². The van der Waals surface area contributed by atoms with Gasteiger partial charge >= 0.3 is 0 Å². The van der Waals surface area contributed by atoms with Crippen LogP contribution < -0.4 is 5.73 Å². The van der Waals surface area contributed by atoms with E-state index in [0.29, 0.717) is 5.82 Å². The monoisotopic (exact) mass is 252 g/mol. The summed E-state index contributed by atoms with van der Waals surface area (Å²) in [7, 11) is 0. The summed E-state index contributed by atoms with van der Waals surface area (Å²) in [5, 5.41) is 6.69. The molecule has 0 saturated heterocycles. The summed E-state index contributed by atoms with van der Waals surface area (Å²) < 4.78 is 0.975. The third kappa shape index (κ3) is 1.63. The van der Waals surface area contributed by atoms with E-state index in [4.69, 9.17) is 5.73 Å². The van der Waals surface area contributed by atoms with Crippen LogP contribution >= 0.6 is 15.9 Å². The van der Waals surface area contributed by atoms with Crippen LogP contribution in [0.2, 0.25) is 0 Å². The summed E-state index contributed by atoms with van der Waals surface area (Å²) in [5.74, 6) is 0.483. The van der Waals surface area contributed by atoms with Gasteiger partial charge in [0.1, 0.15) is 5.82 Å². The first-order valence-electron chi connectivity index (χ1n) is 4.10. The normalized spacial score (nSPS) is 10.4. The molecule has 0 aliphatic heterocycles. The van der Waals surface area contributed by atoms with Crippen molar-refractivity contribution in [3.8, 4) is 11.3 Å². The Balaban J connectivity index is 2.47. The van der Waals surface area contributed by atoms with Gasteiger partial charge in [-0.3, -0.25) is 10.1 Å². The fourth-order valence-corrected chi connectivity index (χ4v) is 1.49. The van der Waals surface area contributed by atoms with Crippen molar-refractivity contribution in [2.24, 2.45) is 0 Å². The molecule has 0 aliphatic carbocycles. The van der Waals surface area contributed by atoms with Gasteiger partial charge in [0, 0.05) is 22.3 Å². The molecule has 0 aromatic carbocycles. The lowest BCUT2D eigenvalue weighted by Gasteiger charge is -2.00. The number of pyridine rings is 1. The van der Waals surface area contributed by atoms with Gasteiger partial charge < -0.3 is 5.73 Å². The van der Waals surface area contributed by atoms with E-state index >= 15 is 0 Å². The van der Waals surface area contributed by atoms with Crippen LogP contribution in [0.4, 0.5) is 5.82 Å². The molecule has 14 heavy (non-hydrogen) atoms. The lowest BCUT2D eigenvalue weighted by molar-refractivity contribution is 1.10. The number of anilines is 1. The van der Waals surface area contributed by atoms with Gasteiger partial charge in [-0.25, -0.2) is 0 Å². The molecule has 2 heterocycles. The highest BCUT2D eigenvalue weighted by Gasteiger charge is 2.03. The van der Waals surface area contributed by atoms with Crippen molar-refractivity contribution < 1.29 is 0 Å². The molecule has 0 aliphatic rings. The topological polar surface area (TPSA) is 67.6 Å². The fraction of sp³-hybridized carbons (Fsp3) is 0.111. The first kappa shape index (κ1) is 9.21. The third-order valence-electron chi connectivity index (χ3n) is 1.93. The average Bonchev–Trinajstić information content (AvgIpc) is 2.57. The SMILES string of the molecule is Cc1ncc(-c2cc(N)n[nH]2)cc1Br. The van der Waals surface area contributed by atoms with Gasteiger partial charge in [-0.15, -0.1) is 0 Å². The number of nitrogen functional groups attached to an aromatic ring is 1. The van der Waals surface area contributed by atoms with E-state index < -0.39 is 0 Å². The summed E-state index contributed by atoms with van der Waals surface area (Å²) in [4.78, 5) is 4.23. The second kappa shape index (κ2) is 3.42. The zero-order valence-corrected chi connectivity index (χ0v) is 9.17. The summed E-state index contributed by atoms with van der Waals surface area (Å²) in [6.07, 6.45) is 1.78. The molecule has 0 amide bonds. The van der Waals surface area contributed by atoms with E-state index in [0.717, 1.165) is 21.4 Å². The smallest absolute Gasteiger partial charge is 0.145 e. The number of aromatic nitrogens is 3. The lowest BCUT2D eigenvalue weighted by atomic mass is 10.2. The minimum Gasteiger partial charge on any atom is -0.382 e. The van der Waals surface area contributed by atoms with Crippen LogP contribution in [-0.4, -0.2) is 15.2 Å². The molecule has 0 saturated carbocycles. The zero-order chi connectivity index (χ0) is 10.1. The minimum atomic E-state index is 0.483. The number of nitrogens with one attached hydrogen (secondary N) is 1. The third-order valence-corrected chi connectivity index (χ3v) is 2.74. The molecule has 5 heteroatoms. The van der Waals surface area contributed by atoms with Crippen LogP contribution in [-0.2, 0) is 0 Å². The second-order valence-electron chi connectivity index (χ2n) is 3.00. The predicted octanol–water partition coefficient (Wildman–Crippen LogP) is 2.12.